The van der Waals surface area contributed by atoms with Crippen LogP contribution in [0.15, 0.2) is 29.2 Å². The molecule has 2 rings (SSSR count). The van der Waals surface area contributed by atoms with E-state index in [-0.39, 0.29) is 22.1 Å². The number of hydrogen-bond donors (Lipinski definition) is 1. The van der Waals surface area contributed by atoms with Crippen molar-refractivity contribution in [2.45, 2.75) is 37.1 Å². The van der Waals surface area contributed by atoms with Crippen LogP contribution in [-0.4, -0.2) is 38.2 Å². The first-order chi connectivity index (χ1) is 11.7. The van der Waals surface area contributed by atoms with Gasteiger partial charge in [-0.2, -0.15) is 5.26 Å². The van der Waals surface area contributed by atoms with Gasteiger partial charge in [-0.25, -0.2) is 13.2 Å². The lowest BCUT2D eigenvalue weighted by atomic mass is 9.98. The van der Waals surface area contributed by atoms with Gasteiger partial charge in [0.1, 0.15) is 5.54 Å². The van der Waals surface area contributed by atoms with E-state index in [1.54, 1.807) is 6.92 Å². The molecule has 0 heterocycles. The summed E-state index contributed by atoms with van der Waals surface area (Å²) in [6, 6.07) is 7.78. The zero-order chi connectivity index (χ0) is 18.7. The quantitative estimate of drug-likeness (QED) is 0.733. The largest absolute Gasteiger partial charge is 0.452 e. The highest BCUT2D eigenvalue weighted by atomic mass is 32.2. The fraction of sp³-hybridized carbons (Fsp3) is 0.471. The lowest BCUT2D eigenvalue weighted by molar-refractivity contribution is -0.125. The molecular formula is C17H20N2O5S. The van der Waals surface area contributed by atoms with Crippen molar-refractivity contribution in [3.8, 4) is 6.07 Å². The molecule has 1 fully saturated rings. The summed E-state index contributed by atoms with van der Waals surface area (Å²) >= 11 is 0. The van der Waals surface area contributed by atoms with Gasteiger partial charge in [-0.1, -0.05) is 19.1 Å². The summed E-state index contributed by atoms with van der Waals surface area (Å²) in [5.41, 5.74) is -1.09. The Labute approximate surface area is 146 Å². The van der Waals surface area contributed by atoms with Gasteiger partial charge in [-0.15, -0.1) is 0 Å². The van der Waals surface area contributed by atoms with Crippen LogP contribution in [0.25, 0.3) is 0 Å². The Bertz CT molecular complexity index is 824. The van der Waals surface area contributed by atoms with Crippen molar-refractivity contribution in [1.29, 1.82) is 5.26 Å². The van der Waals surface area contributed by atoms with E-state index in [0.29, 0.717) is 0 Å². The average Bonchev–Trinajstić information content (AvgIpc) is 3.45. The maximum absolute atomic E-state index is 12.2. The van der Waals surface area contributed by atoms with E-state index >= 15 is 0 Å². The van der Waals surface area contributed by atoms with Crippen LogP contribution in [-0.2, 0) is 19.4 Å². The molecule has 1 aliphatic rings. The molecule has 1 aliphatic carbocycles. The summed E-state index contributed by atoms with van der Waals surface area (Å²) in [5.74, 6) is -1.54. The Balaban J connectivity index is 2.04. The molecule has 1 aromatic rings. The zero-order valence-electron chi connectivity index (χ0n) is 14.1. The van der Waals surface area contributed by atoms with E-state index in [0.717, 1.165) is 12.8 Å². The molecule has 25 heavy (non-hydrogen) atoms. The first kappa shape index (κ1) is 18.9. The SMILES string of the molecule is CCS(=O)(=O)c1ccccc1C(=O)OCC(=O)N[C@@](C)(C#N)C1CC1. The molecule has 0 aliphatic heterocycles. The molecule has 0 radical (unpaired) electrons. The smallest absolute Gasteiger partial charge is 0.339 e. The van der Waals surface area contributed by atoms with Crippen LogP contribution in [0, 0.1) is 17.2 Å². The summed E-state index contributed by atoms with van der Waals surface area (Å²) < 4.78 is 29.0. The molecule has 7 nitrogen and oxygen atoms in total. The molecular weight excluding hydrogens is 344 g/mol. The molecule has 1 atom stereocenters. The van der Waals surface area contributed by atoms with Crippen molar-refractivity contribution < 1.29 is 22.7 Å². The Morgan fingerprint density at radius 2 is 2.00 bits per heavy atom. The van der Waals surface area contributed by atoms with Gasteiger partial charge < -0.3 is 10.1 Å². The number of rotatable bonds is 7. The van der Waals surface area contributed by atoms with Crippen LogP contribution in [0.1, 0.15) is 37.0 Å². The summed E-state index contributed by atoms with van der Waals surface area (Å²) in [6.45, 7) is 2.53. The van der Waals surface area contributed by atoms with Crippen LogP contribution >= 0.6 is 0 Å². The van der Waals surface area contributed by atoms with E-state index in [1.807, 2.05) is 0 Å². The van der Waals surface area contributed by atoms with E-state index in [4.69, 9.17) is 4.74 Å². The highest BCUT2D eigenvalue weighted by molar-refractivity contribution is 7.91. The topological polar surface area (TPSA) is 113 Å². The number of hydrogen-bond acceptors (Lipinski definition) is 6. The first-order valence-corrected chi connectivity index (χ1v) is 9.60. The van der Waals surface area contributed by atoms with Gasteiger partial charge in [0, 0.05) is 0 Å². The molecule has 1 amide bonds. The Hall–Kier alpha value is -2.40. The third-order valence-corrected chi connectivity index (χ3v) is 5.97. The number of esters is 1. The molecule has 134 valence electrons. The second kappa shape index (κ2) is 7.23. The van der Waals surface area contributed by atoms with Crippen molar-refractivity contribution in [3.05, 3.63) is 29.8 Å². The Morgan fingerprint density at radius 3 is 2.56 bits per heavy atom. The van der Waals surface area contributed by atoms with Crippen LogP contribution in [0.5, 0.6) is 0 Å². The summed E-state index contributed by atoms with van der Waals surface area (Å²) in [6.07, 6.45) is 1.73. The van der Waals surface area contributed by atoms with Gasteiger partial charge in [0.15, 0.2) is 16.4 Å². The molecule has 1 N–H and O–H groups in total. The molecule has 1 aromatic carbocycles. The molecule has 0 saturated heterocycles. The third kappa shape index (κ3) is 4.37. The van der Waals surface area contributed by atoms with E-state index in [1.165, 1.54) is 31.2 Å². The van der Waals surface area contributed by atoms with Crippen molar-refractivity contribution in [1.82, 2.24) is 5.32 Å². The van der Waals surface area contributed by atoms with Crippen molar-refractivity contribution in [3.63, 3.8) is 0 Å². The standard InChI is InChI=1S/C17H20N2O5S/c1-3-25(22,23)14-7-5-4-6-13(14)16(21)24-10-15(20)19-17(2,11-18)12-8-9-12/h4-7,12H,3,8-10H2,1-2H3,(H,19,20)/t17-/m0/s1. The van der Waals surface area contributed by atoms with E-state index in [2.05, 4.69) is 11.4 Å². The number of ether oxygens (including phenoxy) is 1. The number of nitrogens with one attached hydrogen (secondary N) is 1. The summed E-state index contributed by atoms with van der Waals surface area (Å²) in [5, 5.41) is 11.8. The van der Waals surface area contributed by atoms with Gasteiger partial charge >= 0.3 is 5.97 Å². The van der Waals surface area contributed by atoms with Gasteiger partial charge in [-0.3, -0.25) is 4.79 Å². The Kier molecular flexibility index (Phi) is 5.48. The molecule has 0 bridgehead atoms. The highest BCUT2D eigenvalue weighted by Gasteiger charge is 2.43. The van der Waals surface area contributed by atoms with Crippen LogP contribution in [0.4, 0.5) is 0 Å². The average molecular weight is 364 g/mol. The third-order valence-electron chi connectivity index (χ3n) is 4.18. The van der Waals surface area contributed by atoms with E-state index in [9.17, 15) is 23.3 Å². The predicted octanol–water partition coefficient (Wildman–Crippen LogP) is 1.45. The molecule has 1 saturated carbocycles. The number of carbonyl (C=O) groups is 2. The normalized spacial score (nSPS) is 16.4. The van der Waals surface area contributed by atoms with Crippen molar-refractivity contribution in [2.75, 3.05) is 12.4 Å². The summed E-state index contributed by atoms with van der Waals surface area (Å²) in [7, 11) is -3.59. The minimum atomic E-state index is -3.59. The van der Waals surface area contributed by atoms with Crippen molar-refractivity contribution in [2.24, 2.45) is 5.92 Å². The van der Waals surface area contributed by atoms with Gasteiger partial charge in [-0.05, 0) is 37.8 Å². The fourth-order valence-corrected chi connectivity index (χ4v) is 3.56. The number of nitrogens with zero attached hydrogens (tertiary/aromatic N) is 1. The molecule has 0 unspecified atom stereocenters. The zero-order valence-corrected chi connectivity index (χ0v) is 14.9. The maximum atomic E-state index is 12.2. The highest BCUT2D eigenvalue weighted by Crippen LogP contribution is 2.39. The lowest BCUT2D eigenvalue weighted by Gasteiger charge is -2.22. The van der Waals surface area contributed by atoms with Gasteiger partial charge in [0.05, 0.1) is 22.3 Å². The second-order valence-electron chi connectivity index (χ2n) is 6.11. The number of sulfone groups is 1. The van der Waals surface area contributed by atoms with Crippen LogP contribution in [0.3, 0.4) is 0 Å². The minimum absolute atomic E-state index is 0.104. The van der Waals surface area contributed by atoms with Crippen molar-refractivity contribution >= 4 is 21.7 Å². The molecule has 0 aromatic heterocycles. The van der Waals surface area contributed by atoms with Crippen LogP contribution < -0.4 is 5.32 Å². The monoisotopic (exact) mass is 364 g/mol. The van der Waals surface area contributed by atoms with E-state index < -0.39 is 33.9 Å². The van der Waals surface area contributed by atoms with Crippen LogP contribution in [0.2, 0.25) is 0 Å². The molecule has 8 heteroatoms. The lowest BCUT2D eigenvalue weighted by Crippen LogP contribution is -2.48. The number of nitriles is 1. The first-order valence-electron chi connectivity index (χ1n) is 7.94. The second-order valence-corrected chi connectivity index (χ2v) is 8.36. The number of carbonyl (C=O) groups excluding carboxylic acids is 2. The van der Waals surface area contributed by atoms with Gasteiger partial charge in [0.25, 0.3) is 5.91 Å². The number of amides is 1. The Morgan fingerprint density at radius 1 is 1.36 bits per heavy atom. The summed E-state index contributed by atoms with van der Waals surface area (Å²) in [4.78, 5) is 24.0. The van der Waals surface area contributed by atoms with Gasteiger partial charge in [0.2, 0.25) is 0 Å². The number of benzene rings is 1. The predicted molar refractivity (Wildman–Crippen MR) is 89.3 cm³/mol. The fourth-order valence-electron chi connectivity index (χ4n) is 2.48. The molecule has 0 spiro atoms. The minimum Gasteiger partial charge on any atom is -0.452 e. The maximum Gasteiger partial charge on any atom is 0.339 e.